The number of hydrogen-bond donors (Lipinski definition) is 0. The first kappa shape index (κ1) is 10.9. The van der Waals surface area contributed by atoms with E-state index in [4.69, 9.17) is 0 Å². The highest BCUT2D eigenvalue weighted by Gasteiger charge is 2.25. The molecule has 1 aliphatic heterocycles. The third-order valence-corrected chi connectivity index (χ3v) is 3.37. The minimum absolute atomic E-state index is 0.130. The Hall–Kier alpha value is -2.18. The maximum atomic E-state index is 12.1. The van der Waals surface area contributed by atoms with Crippen molar-refractivity contribution < 1.29 is 4.79 Å². The first-order chi connectivity index (χ1) is 8.52. The third kappa shape index (κ3) is 1.18. The van der Waals surface area contributed by atoms with Crippen LogP contribution in [0.25, 0.3) is 11.2 Å². The van der Waals surface area contributed by atoms with E-state index in [9.17, 15) is 14.4 Å². The molecule has 0 radical (unpaired) electrons. The summed E-state index contributed by atoms with van der Waals surface area (Å²) < 4.78 is 3.66. The van der Waals surface area contributed by atoms with Crippen LogP contribution < -0.4 is 11.2 Å². The largest absolute Gasteiger partial charge is 0.332 e. The molecule has 0 spiro atoms. The second-order valence-electron chi connectivity index (χ2n) is 4.49. The van der Waals surface area contributed by atoms with Gasteiger partial charge in [0.15, 0.2) is 11.2 Å². The molecule has 0 saturated heterocycles. The maximum Gasteiger partial charge on any atom is 0.332 e. The molecule has 2 aromatic rings. The highest BCUT2D eigenvalue weighted by Crippen LogP contribution is 2.18. The first-order valence-electron chi connectivity index (χ1n) is 5.73. The number of aryl methyl sites for hydroxylation is 2. The number of hydrogen-bond acceptors (Lipinski definition) is 4. The van der Waals surface area contributed by atoms with Crippen molar-refractivity contribution in [3.8, 4) is 0 Å². The van der Waals surface area contributed by atoms with Crippen LogP contribution in [-0.2, 0) is 20.5 Å². The molecule has 3 heterocycles. The molecular weight excluding hydrogens is 236 g/mol. The molecule has 3 rings (SSSR count). The summed E-state index contributed by atoms with van der Waals surface area (Å²) >= 11 is 0. The van der Waals surface area contributed by atoms with E-state index in [1.807, 2.05) is 0 Å². The summed E-state index contributed by atoms with van der Waals surface area (Å²) in [5.41, 5.74) is -0.412. The Morgan fingerprint density at radius 2 is 1.78 bits per heavy atom. The van der Waals surface area contributed by atoms with Gasteiger partial charge in [-0.15, -0.1) is 0 Å². The Labute approximate surface area is 101 Å². The smallest absolute Gasteiger partial charge is 0.279 e. The minimum Gasteiger partial charge on any atom is -0.279 e. The highest BCUT2D eigenvalue weighted by atomic mass is 16.2. The molecule has 0 amide bonds. The molecule has 0 aromatic carbocycles. The lowest BCUT2D eigenvalue weighted by Gasteiger charge is -2.12. The highest BCUT2D eigenvalue weighted by molar-refractivity contribution is 5.90. The number of nitrogens with zero attached hydrogens (tertiary/aromatic N) is 4. The predicted molar refractivity (Wildman–Crippen MR) is 63.8 cm³/mol. The van der Waals surface area contributed by atoms with E-state index in [0.29, 0.717) is 18.7 Å². The van der Waals surface area contributed by atoms with E-state index in [-0.39, 0.29) is 17.1 Å². The Bertz CT molecular complexity index is 793. The fraction of sp³-hybridized carbons (Fsp3) is 0.455. The van der Waals surface area contributed by atoms with Crippen LogP contribution in [0, 0.1) is 0 Å². The van der Waals surface area contributed by atoms with Crippen molar-refractivity contribution in [1.82, 2.24) is 18.7 Å². The summed E-state index contributed by atoms with van der Waals surface area (Å²) in [4.78, 5) is 40.1. The van der Waals surface area contributed by atoms with Crippen molar-refractivity contribution in [3.05, 3.63) is 26.7 Å². The number of fused-ring (bicyclic) bond motifs is 3. The Morgan fingerprint density at radius 1 is 1.06 bits per heavy atom. The van der Waals surface area contributed by atoms with Crippen molar-refractivity contribution in [3.63, 3.8) is 0 Å². The van der Waals surface area contributed by atoms with Crippen molar-refractivity contribution in [2.75, 3.05) is 0 Å². The van der Waals surface area contributed by atoms with E-state index in [0.717, 1.165) is 11.0 Å². The molecule has 18 heavy (non-hydrogen) atoms. The Kier molecular flexibility index (Phi) is 2.07. The van der Waals surface area contributed by atoms with E-state index in [1.165, 1.54) is 16.2 Å². The molecule has 0 unspecified atom stereocenters. The van der Waals surface area contributed by atoms with Gasteiger partial charge in [-0.05, 0) is 6.42 Å². The Balaban J connectivity index is 2.60. The van der Waals surface area contributed by atoms with Gasteiger partial charge in [-0.3, -0.25) is 23.3 Å². The SMILES string of the molecule is Cn1c(=O)c2c(nc3n2C(=O)CCC3)n(C)c1=O. The molecule has 0 saturated carbocycles. The van der Waals surface area contributed by atoms with Gasteiger partial charge in [0.1, 0.15) is 5.82 Å². The fourth-order valence-electron chi connectivity index (χ4n) is 2.39. The van der Waals surface area contributed by atoms with E-state index in [2.05, 4.69) is 4.98 Å². The van der Waals surface area contributed by atoms with Gasteiger partial charge in [-0.2, -0.15) is 0 Å². The van der Waals surface area contributed by atoms with Crippen LogP contribution in [-0.4, -0.2) is 24.6 Å². The molecule has 0 fully saturated rings. The molecule has 94 valence electrons. The zero-order chi connectivity index (χ0) is 13.0. The molecular formula is C11H12N4O3. The zero-order valence-corrected chi connectivity index (χ0v) is 10.1. The molecule has 7 nitrogen and oxygen atoms in total. The number of rotatable bonds is 0. The lowest BCUT2D eigenvalue weighted by Crippen LogP contribution is -2.38. The van der Waals surface area contributed by atoms with Crippen LogP contribution in [0.5, 0.6) is 0 Å². The minimum atomic E-state index is -0.470. The van der Waals surface area contributed by atoms with Crippen LogP contribution in [0.2, 0.25) is 0 Å². The quantitative estimate of drug-likeness (QED) is 0.624. The van der Waals surface area contributed by atoms with Crippen molar-refractivity contribution in [2.45, 2.75) is 19.3 Å². The maximum absolute atomic E-state index is 12.1. The predicted octanol–water partition coefficient (Wildman–Crippen LogP) is -0.590. The second kappa shape index (κ2) is 3.41. The van der Waals surface area contributed by atoms with E-state index in [1.54, 1.807) is 7.05 Å². The van der Waals surface area contributed by atoms with Crippen molar-refractivity contribution in [1.29, 1.82) is 0 Å². The van der Waals surface area contributed by atoms with Crippen molar-refractivity contribution in [2.24, 2.45) is 14.1 Å². The van der Waals surface area contributed by atoms with Gasteiger partial charge in [0, 0.05) is 26.9 Å². The van der Waals surface area contributed by atoms with E-state index >= 15 is 0 Å². The first-order valence-corrected chi connectivity index (χ1v) is 5.73. The number of carbonyl (C=O) groups is 1. The molecule has 0 N–H and O–H groups in total. The average molecular weight is 248 g/mol. The molecule has 7 heteroatoms. The summed E-state index contributed by atoms with van der Waals surface area (Å²) in [7, 11) is 2.95. The summed E-state index contributed by atoms with van der Waals surface area (Å²) in [5.74, 6) is 0.439. The normalized spacial score (nSPS) is 15.1. The van der Waals surface area contributed by atoms with Gasteiger partial charge in [0.05, 0.1) is 0 Å². The Morgan fingerprint density at radius 3 is 2.50 bits per heavy atom. The van der Waals surface area contributed by atoms with Crippen LogP contribution in [0.3, 0.4) is 0 Å². The lowest BCUT2D eigenvalue weighted by atomic mass is 10.1. The van der Waals surface area contributed by atoms with Crippen molar-refractivity contribution >= 4 is 17.1 Å². The van der Waals surface area contributed by atoms with Gasteiger partial charge in [-0.1, -0.05) is 0 Å². The molecule has 1 aliphatic rings. The third-order valence-electron chi connectivity index (χ3n) is 3.37. The molecule has 2 aromatic heterocycles. The topological polar surface area (TPSA) is 78.9 Å². The standard InChI is InChI=1S/C11H12N4O3/c1-13-9-8(10(17)14(2)11(13)18)15-6(12-9)4-3-5-7(15)16/h3-5H2,1-2H3. The zero-order valence-electron chi connectivity index (χ0n) is 10.1. The summed E-state index contributed by atoms with van der Waals surface area (Å²) in [6, 6.07) is 0. The molecule has 0 bridgehead atoms. The molecule has 0 atom stereocenters. The van der Waals surface area contributed by atoms with Crippen LogP contribution in [0.4, 0.5) is 0 Å². The number of imidazole rings is 1. The van der Waals surface area contributed by atoms with Crippen LogP contribution in [0.15, 0.2) is 9.59 Å². The summed E-state index contributed by atoms with van der Waals surface area (Å²) in [6.45, 7) is 0. The van der Waals surface area contributed by atoms with Gasteiger partial charge in [0.2, 0.25) is 5.91 Å². The van der Waals surface area contributed by atoms with Gasteiger partial charge in [-0.25, -0.2) is 9.78 Å². The monoisotopic (exact) mass is 248 g/mol. The fourth-order valence-corrected chi connectivity index (χ4v) is 2.39. The number of carbonyl (C=O) groups excluding carboxylic acids is 1. The summed E-state index contributed by atoms with van der Waals surface area (Å²) in [5, 5.41) is 0. The average Bonchev–Trinajstić information content (AvgIpc) is 2.75. The number of aromatic nitrogens is 4. The van der Waals surface area contributed by atoms with Crippen LogP contribution >= 0.6 is 0 Å². The van der Waals surface area contributed by atoms with Gasteiger partial charge < -0.3 is 0 Å². The lowest BCUT2D eigenvalue weighted by molar-refractivity contribution is 0.0888. The van der Waals surface area contributed by atoms with Gasteiger partial charge >= 0.3 is 5.69 Å². The second-order valence-corrected chi connectivity index (χ2v) is 4.49. The van der Waals surface area contributed by atoms with Gasteiger partial charge in [0.25, 0.3) is 5.56 Å². The van der Waals surface area contributed by atoms with E-state index < -0.39 is 11.2 Å². The van der Waals surface area contributed by atoms with Crippen LogP contribution in [0.1, 0.15) is 23.5 Å². The summed E-state index contributed by atoms with van der Waals surface area (Å²) in [6.07, 6.45) is 1.79. The molecule has 0 aliphatic carbocycles.